The van der Waals surface area contributed by atoms with Crippen LogP contribution in [0.2, 0.25) is 0 Å². The van der Waals surface area contributed by atoms with Gasteiger partial charge in [0.2, 0.25) is 5.76 Å². The first-order valence-electron chi connectivity index (χ1n) is 7.70. The van der Waals surface area contributed by atoms with E-state index in [1.165, 1.54) is 29.7 Å². The molecule has 10 heteroatoms. The molecule has 1 fully saturated rings. The molecule has 1 aliphatic heterocycles. The van der Waals surface area contributed by atoms with E-state index in [-0.39, 0.29) is 30.0 Å². The molecule has 7 nitrogen and oxygen atoms in total. The number of piperidine rings is 1. The van der Waals surface area contributed by atoms with E-state index in [9.17, 15) is 18.0 Å². The highest BCUT2D eigenvalue weighted by molar-refractivity contribution is 5.91. The lowest BCUT2D eigenvalue weighted by molar-refractivity contribution is -0.141. The number of ether oxygens (including phenoxy) is 1. The summed E-state index contributed by atoms with van der Waals surface area (Å²) < 4.78 is 49.7. The number of hydrogen-bond donors (Lipinski definition) is 0. The average molecular weight is 358 g/mol. The molecule has 0 aromatic carbocycles. The van der Waals surface area contributed by atoms with Crippen LogP contribution in [0.5, 0.6) is 5.88 Å². The van der Waals surface area contributed by atoms with Crippen molar-refractivity contribution in [2.24, 2.45) is 7.05 Å². The Balaban J connectivity index is 1.77. The number of alkyl halides is 3. The summed E-state index contributed by atoms with van der Waals surface area (Å²) in [6.45, 7) is 0.763. The number of hydrogen-bond acceptors (Lipinski definition) is 5. The molecule has 25 heavy (non-hydrogen) atoms. The van der Waals surface area contributed by atoms with Crippen LogP contribution in [0.3, 0.4) is 0 Å². The van der Waals surface area contributed by atoms with Crippen molar-refractivity contribution in [2.45, 2.75) is 24.9 Å². The van der Waals surface area contributed by atoms with Crippen molar-refractivity contribution >= 4 is 5.91 Å². The quantitative estimate of drug-likeness (QED) is 0.843. The number of carbonyl (C=O) groups excluding carboxylic acids is 1. The van der Waals surface area contributed by atoms with Gasteiger partial charge >= 0.3 is 6.18 Å². The monoisotopic (exact) mass is 358 g/mol. The van der Waals surface area contributed by atoms with Crippen LogP contribution in [-0.2, 0) is 13.2 Å². The fraction of sp³-hybridized carbons (Fsp3) is 0.533. The molecule has 3 rings (SSSR count). The van der Waals surface area contributed by atoms with Gasteiger partial charge in [-0.05, 0) is 18.0 Å². The molecule has 3 heterocycles. The van der Waals surface area contributed by atoms with E-state index in [0.717, 1.165) is 6.20 Å². The first-order chi connectivity index (χ1) is 11.8. The summed E-state index contributed by atoms with van der Waals surface area (Å²) in [5, 5.41) is 3.59. The molecular weight excluding hydrogens is 341 g/mol. The zero-order valence-corrected chi connectivity index (χ0v) is 13.7. The molecule has 0 aliphatic carbocycles. The van der Waals surface area contributed by atoms with Crippen LogP contribution in [0.1, 0.15) is 40.8 Å². The minimum absolute atomic E-state index is 0.0355. The van der Waals surface area contributed by atoms with E-state index in [1.54, 1.807) is 0 Å². The van der Waals surface area contributed by atoms with Crippen molar-refractivity contribution < 1.29 is 27.2 Å². The van der Waals surface area contributed by atoms with Gasteiger partial charge in [-0.2, -0.15) is 13.2 Å². The summed E-state index contributed by atoms with van der Waals surface area (Å²) in [6, 6.07) is 1.38. The molecule has 2 aromatic heterocycles. The summed E-state index contributed by atoms with van der Waals surface area (Å²) in [6.07, 6.45) is -2.20. The number of nitrogens with zero attached hydrogens (tertiary/aromatic N) is 4. The topological polar surface area (TPSA) is 73.4 Å². The maximum atomic E-state index is 12.8. The highest BCUT2D eigenvalue weighted by atomic mass is 19.4. The third-order valence-corrected chi connectivity index (χ3v) is 4.18. The van der Waals surface area contributed by atoms with Gasteiger partial charge in [0.1, 0.15) is 5.82 Å². The number of likely N-dealkylation sites (tertiary alicyclic amines) is 1. The highest BCUT2D eigenvalue weighted by Gasteiger charge is 2.36. The minimum Gasteiger partial charge on any atom is -0.479 e. The molecule has 0 saturated carbocycles. The van der Waals surface area contributed by atoms with Crippen LogP contribution < -0.4 is 4.74 Å². The van der Waals surface area contributed by atoms with Crippen molar-refractivity contribution in [3.63, 3.8) is 0 Å². The smallest absolute Gasteiger partial charge is 0.434 e. The Morgan fingerprint density at radius 3 is 2.80 bits per heavy atom. The third-order valence-electron chi connectivity index (χ3n) is 4.18. The molecular formula is C15H17F3N4O3. The second-order valence-electron chi connectivity index (χ2n) is 5.92. The van der Waals surface area contributed by atoms with Crippen LogP contribution in [0.15, 0.2) is 16.8 Å². The summed E-state index contributed by atoms with van der Waals surface area (Å²) in [7, 11) is 2.93. The number of aromatic nitrogens is 3. The van der Waals surface area contributed by atoms with E-state index in [0.29, 0.717) is 25.2 Å². The molecule has 1 atom stereocenters. The zero-order valence-electron chi connectivity index (χ0n) is 13.7. The standard InChI is InChI=1S/C15H17F3N4O3/c1-21-8-11(15(16,17)18)19-13(21)9-4-3-5-22(7-9)14(23)10-6-12(24-2)20-25-10/h6,8-9H,3-5,7H2,1-2H3/t9-/m1/s1. The molecule has 0 unspecified atom stereocenters. The predicted molar refractivity (Wildman–Crippen MR) is 79.1 cm³/mol. The molecule has 0 bridgehead atoms. The Hall–Kier alpha value is -2.52. The summed E-state index contributed by atoms with van der Waals surface area (Å²) in [4.78, 5) is 17.8. The number of aryl methyl sites for hydroxylation is 1. The van der Waals surface area contributed by atoms with Gasteiger partial charge in [0, 0.05) is 32.3 Å². The van der Waals surface area contributed by atoms with Crippen LogP contribution in [-0.4, -0.2) is 45.7 Å². The van der Waals surface area contributed by atoms with E-state index >= 15 is 0 Å². The Morgan fingerprint density at radius 2 is 2.20 bits per heavy atom. The molecule has 0 spiro atoms. The number of halogens is 3. The molecule has 1 saturated heterocycles. The van der Waals surface area contributed by atoms with Gasteiger partial charge in [-0.25, -0.2) is 4.98 Å². The van der Waals surface area contributed by atoms with Gasteiger partial charge < -0.3 is 18.7 Å². The Kier molecular flexibility index (Phi) is 4.44. The van der Waals surface area contributed by atoms with Crippen molar-refractivity contribution in [1.29, 1.82) is 0 Å². The van der Waals surface area contributed by atoms with Crippen molar-refractivity contribution in [3.05, 3.63) is 29.5 Å². The number of imidazole rings is 1. The van der Waals surface area contributed by atoms with Crippen molar-refractivity contribution in [1.82, 2.24) is 19.6 Å². The van der Waals surface area contributed by atoms with Crippen LogP contribution >= 0.6 is 0 Å². The molecule has 0 radical (unpaired) electrons. The number of amides is 1. The highest BCUT2D eigenvalue weighted by Crippen LogP contribution is 2.32. The number of carbonyl (C=O) groups is 1. The lowest BCUT2D eigenvalue weighted by atomic mass is 9.97. The summed E-state index contributed by atoms with van der Waals surface area (Å²) >= 11 is 0. The lowest BCUT2D eigenvalue weighted by Crippen LogP contribution is -2.39. The van der Waals surface area contributed by atoms with Gasteiger partial charge in [-0.1, -0.05) is 0 Å². The van der Waals surface area contributed by atoms with Crippen LogP contribution in [0, 0.1) is 0 Å². The summed E-state index contributed by atoms with van der Waals surface area (Å²) in [5.41, 5.74) is -0.923. The molecule has 2 aromatic rings. The van der Waals surface area contributed by atoms with Gasteiger partial charge in [-0.15, -0.1) is 0 Å². The predicted octanol–water partition coefficient (Wildman–Crippen LogP) is 2.46. The first kappa shape index (κ1) is 17.3. The van der Waals surface area contributed by atoms with Gasteiger partial charge in [-0.3, -0.25) is 4.79 Å². The molecule has 136 valence electrons. The van der Waals surface area contributed by atoms with Crippen molar-refractivity contribution in [3.8, 4) is 5.88 Å². The molecule has 1 amide bonds. The third kappa shape index (κ3) is 3.47. The summed E-state index contributed by atoms with van der Waals surface area (Å²) in [5.74, 6) is -0.0986. The first-order valence-corrected chi connectivity index (χ1v) is 7.70. The van der Waals surface area contributed by atoms with E-state index in [4.69, 9.17) is 9.26 Å². The van der Waals surface area contributed by atoms with Crippen LogP contribution in [0.25, 0.3) is 0 Å². The van der Waals surface area contributed by atoms with Crippen LogP contribution in [0.4, 0.5) is 13.2 Å². The van der Waals surface area contributed by atoms with Gasteiger partial charge in [0.05, 0.1) is 13.2 Å². The second-order valence-corrected chi connectivity index (χ2v) is 5.92. The zero-order chi connectivity index (χ0) is 18.2. The normalized spacial score (nSPS) is 18.4. The lowest BCUT2D eigenvalue weighted by Gasteiger charge is -2.31. The second kappa shape index (κ2) is 6.41. The number of rotatable bonds is 3. The Bertz CT molecular complexity index is 768. The van der Waals surface area contributed by atoms with Gasteiger partial charge in [0.15, 0.2) is 5.69 Å². The largest absolute Gasteiger partial charge is 0.479 e. The van der Waals surface area contributed by atoms with Crippen molar-refractivity contribution in [2.75, 3.05) is 20.2 Å². The fourth-order valence-electron chi connectivity index (χ4n) is 2.98. The molecule has 1 aliphatic rings. The fourth-order valence-corrected chi connectivity index (χ4v) is 2.98. The minimum atomic E-state index is -4.49. The Labute approximate surface area is 141 Å². The Morgan fingerprint density at radius 1 is 1.44 bits per heavy atom. The van der Waals surface area contributed by atoms with Gasteiger partial charge in [0.25, 0.3) is 11.8 Å². The average Bonchev–Trinajstić information content (AvgIpc) is 3.20. The van der Waals surface area contributed by atoms with E-state index < -0.39 is 11.9 Å². The SMILES string of the molecule is COc1cc(C(=O)N2CCC[C@@H](c3nc(C(F)(F)F)cn3C)C2)on1. The van der Waals surface area contributed by atoms with E-state index in [2.05, 4.69) is 10.1 Å². The maximum Gasteiger partial charge on any atom is 0.434 e. The molecule has 0 N–H and O–H groups in total. The maximum absolute atomic E-state index is 12.8. The number of methoxy groups -OCH3 is 1. The van der Waals surface area contributed by atoms with E-state index in [1.807, 2.05) is 0 Å².